The topological polar surface area (TPSA) is 213 Å². The molecular formula is C40H51N9O8S2. The van der Waals surface area contributed by atoms with E-state index in [9.17, 15) is 31.7 Å². The van der Waals surface area contributed by atoms with Crippen LogP contribution in [-0.2, 0) is 20.0 Å². The number of aromatic nitrogens is 3. The summed E-state index contributed by atoms with van der Waals surface area (Å²) < 4.78 is 61.1. The van der Waals surface area contributed by atoms with E-state index in [4.69, 9.17) is 4.74 Å². The highest BCUT2D eigenvalue weighted by molar-refractivity contribution is 7.90. The first-order valence-corrected chi connectivity index (χ1v) is 23.6. The first-order chi connectivity index (χ1) is 28.1. The van der Waals surface area contributed by atoms with E-state index in [2.05, 4.69) is 41.7 Å². The minimum absolute atomic E-state index is 0.0241. The van der Waals surface area contributed by atoms with Crippen molar-refractivity contribution in [1.29, 1.82) is 0 Å². The Kier molecular flexibility index (Phi) is 11.3. The smallest absolute Gasteiger partial charge is 0.312 e. The van der Waals surface area contributed by atoms with Gasteiger partial charge in [-0.05, 0) is 80.0 Å². The maximum Gasteiger partial charge on any atom is 0.312 e. The van der Waals surface area contributed by atoms with Crippen molar-refractivity contribution in [2.75, 3.05) is 62.3 Å². The molecule has 2 aliphatic heterocycles. The molecule has 59 heavy (non-hydrogen) atoms. The van der Waals surface area contributed by atoms with Crippen LogP contribution < -0.4 is 19.7 Å². The van der Waals surface area contributed by atoms with Gasteiger partial charge in [0.05, 0.1) is 29.1 Å². The van der Waals surface area contributed by atoms with Crippen LogP contribution in [0, 0.1) is 27.4 Å². The molecule has 8 rings (SSSR count). The van der Waals surface area contributed by atoms with Crippen molar-refractivity contribution in [3.8, 4) is 11.5 Å². The van der Waals surface area contributed by atoms with Gasteiger partial charge in [0.1, 0.15) is 22.0 Å². The summed E-state index contributed by atoms with van der Waals surface area (Å²) in [7, 11) is -7.78. The second kappa shape index (κ2) is 16.3. The summed E-state index contributed by atoms with van der Waals surface area (Å²) in [6.07, 6.45) is 13.8. The predicted octanol–water partition coefficient (Wildman–Crippen LogP) is 5.34. The molecule has 0 radical (unpaired) electrons. The van der Waals surface area contributed by atoms with E-state index < -0.39 is 41.5 Å². The van der Waals surface area contributed by atoms with Crippen LogP contribution in [0.1, 0.15) is 68.6 Å². The highest BCUT2D eigenvalue weighted by atomic mass is 32.2. The van der Waals surface area contributed by atoms with E-state index in [0.29, 0.717) is 48.9 Å². The van der Waals surface area contributed by atoms with Gasteiger partial charge >= 0.3 is 5.69 Å². The number of hydrogen-bond acceptors (Lipinski definition) is 13. The number of ether oxygens (including phenoxy) is 1. The van der Waals surface area contributed by atoms with Gasteiger partial charge in [0.25, 0.3) is 15.9 Å². The summed E-state index contributed by atoms with van der Waals surface area (Å²) >= 11 is 0. The first-order valence-electron chi connectivity index (χ1n) is 20.3. The van der Waals surface area contributed by atoms with Gasteiger partial charge in [0.15, 0.2) is 0 Å². The van der Waals surface area contributed by atoms with E-state index in [1.807, 2.05) is 6.07 Å². The summed E-state index contributed by atoms with van der Waals surface area (Å²) in [4.78, 5) is 40.9. The van der Waals surface area contributed by atoms with Crippen LogP contribution >= 0.6 is 0 Å². The van der Waals surface area contributed by atoms with Crippen molar-refractivity contribution in [2.24, 2.45) is 17.3 Å². The fourth-order valence-corrected chi connectivity index (χ4v) is 11.0. The average molecular weight is 850 g/mol. The average Bonchev–Trinajstić information content (AvgIpc) is 3.67. The Bertz CT molecular complexity index is 2430. The molecule has 19 heteroatoms. The van der Waals surface area contributed by atoms with Crippen molar-refractivity contribution >= 4 is 54.2 Å². The van der Waals surface area contributed by atoms with Crippen molar-refractivity contribution in [3.63, 3.8) is 0 Å². The standard InChI is InChI=1S/C40H51N9O8S2/c1-27-3-5-28(6-4-27)24-42-38-35(49(51)52)21-33(26-44-38)59(55,56)45-39(50)34-8-7-30(20-36(34)57-32-19-29-9-12-41-37(29)43-25-32)46-13-10-40(11-14-46)22-31(23-40)47-15-17-48(18-16-47)58(2,53)54/h7-9,12,19-21,25-28,31H,3-6,10-11,13-18,22-24H2,1-2H3,(H,41,43)(H,42,44)(H,45,50)/t27-,28+. The number of benzene rings is 1. The minimum atomic E-state index is -4.60. The number of aromatic amines is 1. The van der Waals surface area contributed by atoms with Crippen LogP contribution in [0.4, 0.5) is 17.2 Å². The highest BCUT2D eigenvalue weighted by Crippen LogP contribution is 2.51. The Morgan fingerprint density at radius 3 is 2.39 bits per heavy atom. The van der Waals surface area contributed by atoms with E-state index in [-0.39, 0.29) is 22.5 Å². The summed E-state index contributed by atoms with van der Waals surface area (Å²) in [5.41, 5.74) is 1.13. The zero-order valence-electron chi connectivity index (χ0n) is 33.3. The highest BCUT2D eigenvalue weighted by Gasteiger charge is 2.48. The molecule has 4 fully saturated rings. The Balaban J connectivity index is 0.964. The van der Waals surface area contributed by atoms with Gasteiger partial charge < -0.3 is 19.9 Å². The maximum atomic E-state index is 13.8. The molecule has 0 atom stereocenters. The van der Waals surface area contributed by atoms with Crippen molar-refractivity contribution < 1.29 is 31.3 Å². The number of amides is 1. The summed E-state index contributed by atoms with van der Waals surface area (Å²) in [6, 6.07) is 9.99. The summed E-state index contributed by atoms with van der Waals surface area (Å²) in [5, 5.41) is 15.9. The number of nitrogens with zero attached hydrogens (tertiary/aromatic N) is 6. The van der Waals surface area contributed by atoms with Crippen molar-refractivity contribution in [1.82, 2.24) is 28.9 Å². The Labute approximate surface area is 344 Å². The molecule has 3 N–H and O–H groups in total. The molecule has 4 aromatic rings. The monoisotopic (exact) mass is 849 g/mol. The van der Waals surface area contributed by atoms with Crippen molar-refractivity contribution in [3.05, 3.63) is 70.7 Å². The number of carbonyl (C=O) groups excluding carboxylic acids is 1. The third kappa shape index (κ3) is 9.02. The van der Waals surface area contributed by atoms with Crippen LogP contribution in [0.25, 0.3) is 11.0 Å². The number of nitrogens with one attached hydrogen (secondary N) is 3. The molecule has 17 nitrogen and oxygen atoms in total. The molecule has 2 saturated carbocycles. The van der Waals surface area contributed by atoms with Gasteiger partial charge in [-0.3, -0.25) is 19.8 Å². The molecule has 1 spiro atoms. The van der Waals surface area contributed by atoms with Crippen LogP contribution in [0.5, 0.6) is 11.5 Å². The number of pyridine rings is 2. The third-order valence-corrected chi connectivity index (χ3v) is 15.5. The number of anilines is 2. The zero-order valence-corrected chi connectivity index (χ0v) is 34.9. The summed E-state index contributed by atoms with van der Waals surface area (Å²) in [6.45, 7) is 6.81. The van der Waals surface area contributed by atoms with E-state index in [0.717, 1.165) is 101 Å². The van der Waals surface area contributed by atoms with Crippen LogP contribution in [0.15, 0.2) is 59.9 Å². The molecule has 3 aromatic heterocycles. The number of rotatable bonds is 12. The molecular weight excluding hydrogens is 799 g/mol. The van der Waals surface area contributed by atoms with Crippen molar-refractivity contribution in [2.45, 2.75) is 69.2 Å². The number of piperazine rings is 1. The zero-order chi connectivity index (χ0) is 41.5. The van der Waals surface area contributed by atoms with Crippen LogP contribution in [0.3, 0.4) is 0 Å². The van der Waals surface area contributed by atoms with Gasteiger partial charge in [-0.25, -0.2) is 31.5 Å². The van der Waals surface area contributed by atoms with Gasteiger partial charge in [-0.1, -0.05) is 19.8 Å². The number of piperidine rings is 1. The molecule has 1 aromatic carbocycles. The molecule has 0 unspecified atom stereocenters. The lowest BCUT2D eigenvalue weighted by molar-refractivity contribution is -0.384. The second-order valence-corrected chi connectivity index (χ2v) is 20.5. The molecule has 5 heterocycles. The van der Waals surface area contributed by atoms with E-state index in [1.165, 1.54) is 18.5 Å². The largest absolute Gasteiger partial charge is 0.455 e. The molecule has 316 valence electrons. The second-order valence-electron chi connectivity index (χ2n) is 16.9. The number of carbonyl (C=O) groups is 1. The number of hydrogen-bond donors (Lipinski definition) is 3. The number of fused-ring (bicyclic) bond motifs is 1. The lowest BCUT2D eigenvalue weighted by Crippen LogP contribution is -2.59. The van der Waals surface area contributed by atoms with Gasteiger partial charge in [0, 0.05) is 81.3 Å². The molecule has 1 amide bonds. The molecule has 0 bridgehead atoms. The van der Waals surface area contributed by atoms with E-state index in [1.54, 1.807) is 28.7 Å². The molecule has 2 aliphatic carbocycles. The first kappa shape index (κ1) is 40.9. The fraction of sp³-hybridized carbons (Fsp3) is 0.525. The number of H-pyrrole nitrogens is 1. The molecule has 4 aliphatic rings. The Morgan fingerprint density at radius 1 is 0.966 bits per heavy atom. The lowest BCUT2D eigenvalue weighted by atomic mass is 9.60. The number of sulfonamides is 2. The predicted molar refractivity (Wildman–Crippen MR) is 223 cm³/mol. The van der Waals surface area contributed by atoms with E-state index >= 15 is 0 Å². The Morgan fingerprint density at radius 2 is 1.69 bits per heavy atom. The van der Waals surface area contributed by atoms with Crippen LogP contribution in [-0.4, -0.2) is 110 Å². The lowest BCUT2D eigenvalue weighted by Gasteiger charge is -2.56. The minimum Gasteiger partial charge on any atom is -0.455 e. The third-order valence-electron chi connectivity index (χ3n) is 12.9. The molecule has 2 saturated heterocycles. The Hall–Kier alpha value is -4.85. The van der Waals surface area contributed by atoms with Gasteiger partial charge in [-0.15, -0.1) is 0 Å². The number of nitro groups is 1. The van der Waals surface area contributed by atoms with Gasteiger partial charge in [-0.2, -0.15) is 4.31 Å². The van der Waals surface area contributed by atoms with Gasteiger partial charge in [0.2, 0.25) is 15.8 Å². The normalized spacial score (nSPS) is 21.9. The maximum absolute atomic E-state index is 13.8. The summed E-state index contributed by atoms with van der Waals surface area (Å²) in [5.74, 6) is 0.447. The van der Waals surface area contributed by atoms with Crippen LogP contribution in [0.2, 0.25) is 0 Å². The SMILES string of the molecule is CS(=O)(=O)N1CCN(C2CC3(CCN(c4ccc(C(=O)NS(=O)(=O)c5cnc(NC[C@H]6CC[C@@H](C)CC6)c([N+](=O)[O-])c5)c(Oc5cnc6[nH]ccc6c5)c4)CC3)C2)CC1. The quantitative estimate of drug-likeness (QED) is 0.121. The fourth-order valence-electron chi connectivity index (χ4n) is 9.20.